The Morgan fingerprint density at radius 2 is 2.23 bits per heavy atom. The number of benzene rings is 1. The fourth-order valence-corrected chi connectivity index (χ4v) is 0.773. The fraction of sp³-hybridized carbons (Fsp3) is 0.111. The van der Waals surface area contributed by atoms with Crippen LogP contribution < -0.4 is 5.43 Å². The number of rotatable bonds is 2. The van der Waals surface area contributed by atoms with Gasteiger partial charge in [0.1, 0.15) is 5.82 Å². The van der Waals surface area contributed by atoms with Crippen molar-refractivity contribution in [3.05, 3.63) is 35.6 Å². The zero-order valence-corrected chi connectivity index (χ0v) is 7.12. The normalized spacial score (nSPS) is 10.3. The SMILES string of the molecule is CC(=O)N/N=C/c1ccccc1F. The first-order chi connectivity index (χ1) is 6.20. The van der Waals surface area contributed by atoms with Gasteiger partial charge >= 0.3 is 0 Å². The minimum Gasteiger partial charge on any atom is -0.274 e. The lowest BCUT2D eigenvalue weighted by molar-refractivity contribution is -0.118. The van der Waals surface area contributed by atoms with Crippen molar-refractivity contribution in [2.45, 2.75) is 6.92 Å². The Bertz CT molecular complexity index is 336. The maximum atomic E-state index is 12.9. The lowest BCUT2D eigenvalue weighted by Gasteiger charge is -1.94. The number of nitrogens with zero attached hydrogens (tertiary/aromatic N) is 1. The Morgan fingerprint density at radius 1 is 1.54 bits per heavy atom. The van der Waals surface area contributed by atoms with Crippen LogP contribution in [0.15, 0.2) is 29.4 Å². The summed E-state index contributed by atoms with van der Waals surface area (Å²) in [4.78, 5) is 10.4. The van der Waals surface area contributed by atoms with Gasteiger partial charge in [-0.15, -0.1) is 0 Å². The molecule has 1 amide bonds. The van der Waals surface area contributed by atoms with E-state index < -0.39 is 0 Å². The molecule has 0 unspecified atom stereocenters. The highest BCUT2D eigenvalue weighted by molar-refractivity contribution is 5.81. The first-order valence-electron chi connectivity index (χ1n) is 3.74. The second kappa shape index (κ2) is 4.35. The smallest absolute Gasteiger partial charge is 0.236 e. The molecular weight excluding hydrogens is 171 g/mol. The maximum Gasteiger partial charge on any atom is 0.236 e. The Labute approximate surface area is 75.3 Å². The molecule has 0 spiro atoms. The first-order valence-corrected chi connectivity index (χ1v) is 3.74. The number of hydrogen-bond donors (Lipinski definition) is 1. The predicted molar refractivity (Wildman–Crippen MR) is 47.8 cm³/mol. The quantitative estimate of drug-likeness (QED) is 0.540. The van der Waals surface area contributed by atoms with Gasteiger partial charge in [0.15, 0.2) is 0 Å². The molecule has 1 aromatic carbocycles. The van der Waals surface area contributed by atoms with Crippen LogP contribution in [0, 0.1) is 5.82 Å². The number of carbonyl (C=O) groups excluding carboxylic acids is 1. The van der Waals surface area contributed by atoms with E-state index in [2.05, 4.69) is 10.5 Å². The molecule has 1 rings (SSSR count). The van der Waals surface area contributed by atoms with Crippen molar-refractivity contribution in [3.8, 4) is 0 Å². The highest BCUT2D eigenvalue weighted by Gasteiger charge is 1.95. The van der Waals surface area contributed by atoms with Crippen LogP contribution in [0.4, 0.5) is 4.39 Å². The number of carbonyl (C=O) groups is 1. The van der Waals surface area contributed by atoms with Gasteiger partial charge in [0.05, 0.1) is 6.21 Å². The molecule has 0 heterocycles. The Morgan fingerprint density at radius 3 is 2.85 bits per heavy atom. The van der Waals surface area contributed by atoms with Crippen LogP contribution in [0.2, 0.25) is 0 Å². The average Bonchev–Trinajstić information content (AvgIpc) is 2.08. The largest absolute Gasteiger partial charge is 0.274 e. The zero-order valence-electron chi connectivity index (χ0n) is 7.12. The third-order valence-corrected chi connectivity index (χ3v) is 1.33. The molecule has 0 fully saturated rings. The van der Waals surface area contributed by atoms with E-state index in [-0.39, 0.29) is 11.7 Å². The van der Waals surface area contributed by atoms with Gasteiger partial charge in [-0.2, -0.15) is 5.10 Å². The molecule has 0 aliphatic heterocycles. The molecule has 4 heteroatoms. The molecular formula is C9H9FN2O. The number of hydrogen-bond acceptors (Lipinski definition) is 2. The van der Waals surface area contributed by atoms with E-state index in [4.69, 9.17) is 0 Å². The van der Waals surface area contributed by atoms with Gasteiger partial charge in [0.25, 0.3) is 0 Å². The van der Waals surface area contributed by atoms with Crippen molar-refractivity contribution in [2.24, 2.45) is 5.10 Å². The van der Waals surface area contributed by atoms with Crippen molar-refractivity contribution in [1.82, 2.24) is 5.43 Å². The standard InChI is InChI=1S/C9H9FN2O/c1-7(13)12-11-6-8-4-2-3-5-9(8)10/h2-6H,1H3,(H,12,13)/b11-6+. The number of nitrogens with one attached hydrogen (secondary N) is 1. The summed E-state index contributed by atoms with van der Waals surface area (Å²) in [6, 6.07) is 6.18. The first kappa shape index (κ1) is 9.38. The summed E-state index contributed by atoms with van der Waals surface area (Å²) in [5.74, 6) is -0.649. The van der Waals surface area contributed by atoms with Crippen LogP contribution in [-0.4, -0.2) is 12.1 Å². The maximum absolute atomic E-state index is 12.9. The minimum absolute atomic E-state index is 0.285. The third kappa shape index (κ3) is 3.02. The molecule has 13 heavy (non-hydrogen) atoms. The van der Waals surface area contributed by atoms with E-state index in [9.17, 15) is 9.18 Å². The van der Waals surface area contributed by atoms with E-state index >= 15 is 0 Å². The second-order valence-corrected chi connectivity index (χ2v) is 2.45. The Kier molecular flexibility index (Phi) is 3.14. The second-order valence-electron chi connectivity index (χ2n) is 2.45. The molecule has 0 aliphatic rings. The van der Waals surface area contributed by atoms with Gasteiger partial charge in [0.2, 0.25) is 5.91 Å². The summed E-state index contributed by atoms with van der Waals surface area (Å²) in [6.07, 6.45) is 1.26. The van der Waals surface area contributed by atoms with Crippen LogP contribution in [0.5, 0.6) is 0 Å². The van der Waals surface area contributed by atoms with E-state index in [1.807, 2.05) is 0 Å². The molecule has 1 N–H and O–H groups in total. The molecule has 0 saturated carbocycles. The van der Waals surface area contributed by atoms with Crippen molar-refractivity contribution in [3.63, 3.8) is 0 Å². The number of amides is 1. The fourth-order valence-electron chi connectivity index (χ4n) is 0.773. The average molecular weight is 180 g/mol. The summed E-state index contributed by atoms with van der Waals surface area (Å²) >= 11 is 0. The highest BCUT2D eigenvalue weighted by Crippen LogP contribution is 2.02. The molecule has 0 bridgehead atoms. The summed E-state index contributed by atoms with van der Waals surface area (Å²) in [7, 11) is 0. The van der Waals surface area contributed by atoms with Gasteiger partial charge in [0, 0.05) is 12.5 Å². The lowest BCUT2D eigenvalue weighted by Crippen LogP contribution is -2.12. The van der Waals surface area contributed by atoms with Gasteiger partial charge in [-0.3, -0.25) is 4.79 Å². The van der Waals surface area contributed by atoms with E-state index in [0.717, 1.165) is 0 Å². The highest BCUT2D eigenvalue weighted by atomic mass is 19.1. The number of hydrazone groups is 1. The van der Waals surface area contributed by atoms with E-state index in [0.29, 0.717) is 5.56 Å². The van der Waals surface area contributed by atoms with Crippen LogP contribution in [0.1, 0.15) is 12.5 Å². The van der Waals surface area contributed by atoms with Gasteiger partial charge in [-0.05, 0) is 6.07 Å². The van der Waals surface area contributed by atoms with Crippen molar-refractivity contribution < 1.29 is 9.18 Å². The molecule has 0 saturated heterocycles. The van der Waals surface area contributed by atoms with Gasteiger partial charge in [-0.1, -0.05) is 18.2 Å². The Balaban J connectivity index is 2.68. The lowest BCUT2D eigenvalue weighted by atomic mass is 10.2. The third-order valence-electron chi connectivity index (χ3n) is 1.33. The number of halogens is 1. The van der Waals surface area contributed by atoms with Crippen LogP contribution >= 0.6 is 0 Å². The summed E-state index contributed by atoms with van der Waals surface area (Å²) in [5.41, 5.74) is 2.53. The van der Waals surface area contributed by atoms with E-state index in [1.54, 1.807) is 18.2 Å². The predicted octanol–water partition coefficient (Wildman–Crippen LogP) is 1.30. The Hall–Kier alpha value is -1.71. The molecule has 0 atom stereocenters. The van der Waals surface area contributed by atoms with E-state index in [1.165, 1.54) is 19.2 Å². The van der Waals surface area contributed by atoms with Gasteiger partial charge < -0.3 is 0 Å². The van der Waals surface area contributed by atoms with Crippen molar-refractivity contribution in [2.75, 3.05) is 0 Å². The summed E-state index contributed by atoms with van der Waals surface area (Å²) < 4.78 is 12.9. The summed E-state index contributed by atoms with van der Waals surface area (Å²) in [5, 5.41) is 3.54. The minimum atomic E-state index is -0.364. The molecule has 0 aliphatic carbocycles. The molecule has 0 aromatic heterocycles. The van der Waals surface area contributed by atoms with Crippen LogP contribution in [0.25, 0.3) is 0 Å². The van der Waals surface area contributed by atoms with Crippen LogP contribution in [-0.2, 0) is 4.79 Å². The van der Waals surface area contributed by atoms with Gasteiger partial charge in [-0.25, -0.2) is 9.82 Å². The molecule has 1 aromatic rings. The zero-order chi connectivity index (χ0) is 9.68. The molecule has 0 radical (unpaired) electrons. The molecule has 3 nitrogen and oxygen atoms in total. The monoisotopic (exact) mass is 180 g/mol. The van der Waals surface area contributed by atoms with Crippen molar-refractivity contribution in [1.29, 1.82) is 0 Å². The summed E-state index contributed by atoms with van der Waals surface area (Å²) in [6.45, 7) is 1.33. The topological polar surface area (TPSA) is 41.5 Å². The van der Waals surface area contributed by atoms with Crippen LogP contribution in [0.3, 0.4) is 0 Å². The van der Waals surface area contributed by atoms with Crippen molar-refractivity contribution >= 4 is 12.1 Å². The molecule has 68 valence electrons.